The van der Waals surface area contributed by atoms with E-state index in [4.69, 9.17) is 16.3 Å². The maximum absolute atomic E-state index is 12.0. The summed E-state index contributed by atoms with van der Waals surface area (Å²) in [5, 5.41) is 3.00. The lowest BCUT2D eigenvalue weighted by Gasteiger charge is -2.24. The number of carbonyl (C=O) groups excluding carboxylic acids is 1. The van der Waals surface area contributed by atoms with Crippen molar-refractivity contribution in [1.82, 2.24) is 5.32 Å². The first kappa shape index (κ1) is 17.6. The molecule has 0 aliphatic heterocycles. The SMILES string of the molecule is COc1ccc(Cl)cc1N(CC(=O)NC(C)C)S(C)(=O)=O. The molecular formula is C13H19ClN2O4S. The monoisotopic (exact) mass is 334 g/mol. The highest BCUT2D eigenvalue weighted by atomic mass is 35.5. The molecule has 0 saturated carbocycles. The Bertz CT molecular complexity index is 617. The smallest absolute Gasteiger partial charge is 0.240 e. The summed E-state index contributed by atoms with van der Waals surface area (Å²) >= 11 is 5.91. The Kier molecular flexibility index (Phi) is 5.86. The molecule has 1 rings (SSSR count). The summed E-state index contributed by atoms with van der Waals surface area (Å²) in [7, 11) is -2.25. The van der Waals surface area contributed by atoms with Crippen molar-refractivity contribution in [3.05, 3.63) is 23.2 Å². The largest absolute Gasteiger partial charge is 0.495 e. The van der Waals surface area contributed by atoms with Gasteiger partial charge in [0.2, 0.25) is 15.9 Å². The highest BCUT2D eigenvalue weighted by Crippen LogP contribution is 2.32. The number of carbonyl (C=O) groups is 1. The zero-order valence-electron chi connectivity index (χ0n) is 12.4. The first-order valence-electron chi connectivity index (χ1n) is 6.25. The van der Waals surface area contributed by atoms with Gasteiger partial charge in [-0.1, -0.05) is 11.6 Å². The molecule has 1 amide bonds. The molecule has 0 fully saturated rings. The Morgan fingerprint density at radius 2 is 2.05 bits per heavy atom. The number of benzene rings is 1. The minimum absolute atomic E-state index is 0.0832. The number of nitrogens with one attached hydrogen (secondary N) is 1. The van der Waals surface area contributed by atoms with Gasteiger partial charge in [0, 0.05) is 11.1 Å². The Hall–Kier alpha value is -1.47. The summed E-state index contributed by atoms with van der Waals surface area (Å²) < 4.78 is 30.1. The third-order valence-corrected chi connectivity index (χ3v) is 3.91. The van der Waals surface area contributed by atoms with Crippen molar-refractivity contribution in [2.75, 3.05) is 24.2 Å². The van der Waals surface area contributed by atoms with Crippen molar-refractivity contribution in [1.29, 1.82) is 0 Å². The van der Waals surface area contributed by atoms with E-state index in [1.54, 1.807) is 26.0 Å². The molecule has 0 heterocycles. The lowest BCUT2D eigenvalue weighted by atomic mass is 10.3. The maximum Gasteiger partial charge on any atom is 0.240 e. The number of ether oxygens (including phenoxy) is 1. The summed E-state index contributed by atoms with van der Waals surface area (Å²) in [6.07, 6.45) is 1.02. The van der Waals surface area contributed by atoms with Crippen molar-refractivity contribution < 1.29 is 17.9 Å². The van der Waals surface area contributed by atoms with Crippen LogP contribution >= 0.6 is 11.6 Å². The number of hydrogen-bond donors (Lipinski definition) is 1. The van der Waals surface area contributed by atoms with Crippen molar-refractivity contribution in [3.63, 3.8) is 0 Å². The molecule has 1 aromatic rings. The summed E-state index contributed by atoms with van der Waals surface area (Å²) in [6, 6.07) is 4.50. The highest BCUT2D eigenvalue weighted by Gasteiger charge is 2.24. The molecule has 0 bridgehead atoms. The summed E-state index contributed by atoms with van der Waals surface area (Å²) in [5.74, 6) is -0.0837. The van der Waals surface area contributed by atoms with E-state index in [0.717, 1.165) is 10.6 Å². The molecule has 0 atom stereocenters. The zero-order chi connectivity index (χ0) is 16.2. The van der Waals surface area contributed by atoms with E-state index in [9.17, 15) is 13.2 Å². The lowest BCUT2D eigenvalue weighted by molar-refractivity contribution is -0.120. The van der Waals surface area contributed by atoms with Gasteiger partial charge < -0.3 is 10.1 Å². The van der Waals surface area contributed by atoms with Crippen molar-refractivity contribution in [3.8, 4) is 5.75 Å². The van der Waals surface area contributed by atoms with Crippen LogP contribution in [0, 0.1) is 0 Å². The van der Waals surface area contributed by atoms with Crippen LogP contribution in [0.1, 0.15) is 13.8 Å². The standard InChI is InChI=1S/C13H19ClN2O4S/c1-9(2)15-13(17)8-16(21(4,18)19)11-7-10(14)5-6-12(11)20-3/h5-7,9H,8H2,1-4H3,(H,15,17). The van der Waals surface area contributed by atoms with Crippen LogP contribution in [-0.2, 0) is 14.8 Å². The Labute approximate surface area is 130 Å². The average Bonchev–Trinajstić information content (AvgIpc) is 2.33. The average molecular weight is 335 g/mol. The van der Waals surface area contributed by atoms with Gasteiger partial charge in [-0.2, -0.15) is 0 Å². The number of halogens is 1. The molecule has 1 aromatic carbocycles. The van der Waals surface area contributed by atoms with E-state index in [-0.39, 0.29) is 18.3 Å². The number of anilines is 1. The fourth-order valence-electron chi connectivity index (χ4n) is 1.74. The Morgan fingerprint density at radius 3 is 2.52 bits per heavy atom. The third kappa shape index (κ3) is 5.09. The fourth-order valence-corrected chi connectivity index (χ4v) is 2.76. The van der Waals surface area contributed by atoms with Gasteiger partial charge in [0.1, 0.15) is 12.3 Å². The van der Waals surface area contributed by atoms with E-state index < -0.39 is 15.9 Å². The number of amides is 1. The van der Waals surface area contributed by atoms with Crippen LogP contribution in [0.2, 0.25) is 5.02 Å². The second-order valence-electron chi connectivity index (χ2n) is 4.81. The van der Waals surface area contributed by atoms with Gasteiger partial charge in [0.05, 0.1) is 19.1 Å². The predicted octanol–water partition coefficient (Wildman–Crippen LogP) is 1.64. The minimum Gasteiger partial charge on any atom is -0.495 e. The van der Waals surface area contributed by atoms with E-state index in [2.05, 4.69) is 5.32 Å². The van der Waals surface area contributed by atoms with Crippen LogP contribution in [0.4, 0.5) is 5.69 Å². The van der Waals surface area contributed by atoms with Crippen LogP contribution in [0.3, 0.4) is 0 Å². The Balaban J connectivity index is 3.21. The molecule has 118 valence electrons. The van der Waals surface area contributed by atoms with Gasteiger partial charge in [0.15, 0.2) is 0 Å². The first-order valence-corrected chi connectivity index (χ1v) is 8.48. The van der Waals surface area contributed by atoms with Crippen LogP contribution < -0.4 is 14.4 Å². The normalized spacial score (nSPS) is 11.3. The maximum atomic E-state index is 12.0. The second kappa shape index (κ2) is 7.00. The Morgan fingerprint density at radius 1 is 1.43 bits per heavy atom. The first-order chi connectivity index (χ1) is 9.65. The van der Waals surface area contributed by atoms with Gasteiger partial charge in [-0.25, -0.2) is 8.42 Å². The summed E-state index contributed by atoms with van der Waals surface area (Å²) in [4.78, 5) is 11.9. The van der Waals surface area contributed by atoms with Crippen LogP contribution in [0.15, 0.2) is 18.2 Å². The van der Waals surface area contributed by atoms with E-state index in [1.165, 1.54) is 13.2 Å². The number of rotatable bonds is 6. The molecule has 0 radical (unpaired) electrons. The highest BCUT2D eigenvalue weighted by molar-refractivity contribution is 7.92. The molecule has 0 saturated heterocycles. The van der Waals surface area contributed by atoms with Crippen molar-refractivity contribution in [2.45, 2.75) is 19.9 Å². The van der Waals surface area contributed by atoms with Gasteiger partial charge in [-0.05, 0) is 32.0 Å². The quantitative estimate of drug-likeness (QED) is 0.858. The number of nitrogens with zero attached hydrogens (tertiary/aromatic N) is 1. The van der Waals surface area contributed by atoms with E-state index >= 15 is 0 Å². The van der Waals surface area contributed by atoms with Crippen LogP contribution in [-0.4, -0.2) is 40.3 Å². The minimum atomic E-state index is -3.66. The molecule has 21 heavy (non-hydrogen) atoms. The fraction of sp³-hybridized carbons (Fsp3) is 0.462. The van der Waals surface area contributed by atoms with Gasteiger partial charge in [0.25, 0.3) is 0 Å². The second-order valence-corrected chi connectivity index (χ2v) is 7.15. The van der Waals surface area contributed by atoms with E-state index in [0.29, 0.717) is 10.8 Å². The molecule has 0 aromatic heterocycles. The molecular weight excluding hydrogens is 316 g/mol. The predicted molar refractivity (Wildman–Crippen MR) is 83.5 cm³/mol. The molecule has 6 nitrogen and oxygen atoms in total. The number of methoxy groups -OCH3 is 1. The van der Waals surface area contributed by atoms with Crippen LogP contribution in [0.5, 0.6) is 5.75 Å². The molecule has 1 N–H and O–H groups in total. The molecule has 0 aliphatic carbocycles. The number of sulfonamides is 1. The lowest BCUT2D eigenvalue weighted by Crippen LogP contribution is -2.42. The van der Waals surface area contributed by atoms with Gasteiger partial charge in [-0.15, -0.1) is 0 Å². The van der Waals surface area contributed by atoms with E-state index in [1.807, 2.05) is 0 Å². The van der Waals surface area contributed by atoms with Crippen molar-refractivity contribution in [2.24, 2.45) is 0 Å². The number of hydrogen-bond acceptors (Lipinski definition) is 4. The summed E-state index contributed by atoms with van der Waals surface area (Å²) in [5.41, 5.74) is 0.228. The molecule has 0 spiro atoms. The molecule has 0 unspecified atom stereocenters. The molecule has 8 heteroatoms. The zero-order valence-corrected chi connectivity index (χ0v) is 14.0. The van der Waals surface area contributed by atoms with Gasteiger partial charge in [-0.3, -0.25) is 9.10 Å². The third-order valence-electron chi connectivity index (χ3n) is 2.55. The van der Waals surface area contributed by atoms with Crippen molar-refractivity contribution >= 4 is 33.2 Å². The van der Waals surface area contributed by atoms with Crippen LogP contribution in [0.25, 0.3) is 0 Å². The molecule has 0 aliphatic rings. The van der Waals surface area contributed by atoms with Gasteiger partial charge >= 0.3 is 0 Å². The summed E-state index contributed by atoms with van der Waals surface area (Å²) in [6.45, 7) is 3.25. The topological polar surface area (TPSA) is 75.7 Å².